The number of nitrogens with zero attached hydrogens (tertiary/aromatic N) is 1. The fourth-order valence-electron chi connectivity index (χ4n) is 1.17. The molecule has 0 unspecified atom stereocenters. The van der Waals surface area contributed by atoms with E-state index in [1.165, 1.54) is 18.6 Å². The summed E-state index contributed by atoms with van der Waals surface area (Å²) in [5.41, 5.74) is 0.816. The lowest BCUT2D eigenvalue weighted by Crippen LogP contribution is -1.83. The predicted molar refractivity (Wildman–Crippen MR) is 50.7 cm³/mol. The number of aromatic nitrogens is 2. The summed E-state index contributed by atoms with van der Waals surface area (Å²) in [7, 11) is 0. The van der Waals surface area contributed by atoms with Crippen molar-refractivity contribution in [3.63, 3.8) is 0 Å². The van der Waals surface area contributed by atoms with Crippen LogP contribution >= 0.6 is 11.6 Å². The first-order valence-electron chi connectivity index (χ1n) is 3.85. The molecule has 2 rings (SSSR count). The number of rotatable bonds is 1. The minimum atomic E-state index is -0.748. The molecule has 3 nitrogen and oxygen atoms in total. The van der Waals surface area contributed by atoms with Crippen LogP contribution in [0, 0.1) is 5.82 Å². The molecule has 0 spiro atoms. The average molecular weight is 213 g/mol. The number of phenolic OH excluding ortho intramolecular Hbond substituents is 1. The molecule has 14 heavy (non-hydrogen) atoms. The third-order valence-electron chi connectivity index (χ3n) is 1.82. The van der Waals surface area contributed by atoms with E-state index in [9.17, 15) is 9.50 Å². The summed E-state index contributed by atoms with van der Waals surface area (Å²) >= 11 is 5.65. The highest BCUT2D eigenvalue weighted by Crippen LogP contribution is 2.32. The van der Waals surface area contributed by atoms with Gasteiger partial charge in [0.25, 0.3) is 0 Å². The standard InChI is InChI=1S/C9H6ClFN2O/c10-5-1-6(8-3-12-4-13-8)9(14)7(11)2-5/h1-4,14H,(H,12,13). The predicted octanol–water partition coefficient (Wildman–Crippen LogP) is 2.57. The number of phenols is 1. The molecule has 0 aliphatic heterocycles. The van der Waals surface area contributed by atoms with Crippen molar-refractivity contribution in [1.82, 2.24) is 9.97 Å². The summed E-state index contributed by atoms with van der Waals surface area (Å²) in [4.78, 5) is 6.52. The normalized spacial score (nSPS) is 10.4. The quantitative estimate of drug-likeness (QED) is 0.763. The molecule has 0 radical (unpaired) electrons. The number of aromatic hydroxyl groups is 1. The van der Waals surface area contributed by atoms with E-state index in [1.807, 2.05) is 0 Å². The van der Waals surface area contributed by atoms with Gasteiger partial charge in [0.1, 0.15) is 0 Å². The van der Waals surface area contributed by atoms with Crippen LogP contribution in [0.4, 0.5) is 4.39 Å². The van der Waals surface area contributed by atoms with Gasteiger partial charge >= 0.3 is 0 Å². The van der Waals surface area contributed by atoms with Crippen molar-refractivity contribution in [2.24, 2.45) is 0 Å². The third-order valence-corrected chi connectivity index (χ3v) is 2.03. The van der Waals surface area contributed by atoms with Gasteiger partial charge in [-0.25, -0.2) is 9.37 Å². The molecule has 1 heterocycles. The number of nitrogens with one attached hydrogen (secondary N) is 1. The van der Waals surface area contributed by atoms with Crippen LogP contribution in [0.1, 0.15) is 0 Å². The van der Waals surface area contributed by atoms with Gasteiger partial charge in [-0.05, 0) is 12.1 Å². The molecular weight excluding hydrogens is 207 g/mol. The van der Waals surface area contributed by atoms with Crippen molar-refractivity contribution in [2.75, 3.05) is 0 Å². The first-order valence-corrected chi connectivity index (χ1v) is 4.23. The lowest BCUT2D eigenvalue weighted by atomic mass is 10.1. The van der Waals surface area contributed by atoms with Gasteiger partial charge in [-0.15, -0.1) is 0 Å². The summed E-state index contributed by atoms with van der Waals surface area (Å²) in [6.07, 6.45) is 2.92. The number of hydrogen-bond acceptors (Lipinski definition) is 2. The van der Waals surface area contributed by atoms with E-state index in [0.717, 1.165) is 6.07 Å². The van der Waals surface area contributed by atoms with Crippen LogP contribution in [0.5, 0.6) is 5.75 Å². The highest BCUT2D eigenvalue weighted by molar-refractivity contribution is 6.31. The highest BCUT2D eigenvalue weighted by Gasteiger charge is 2.11. The highest BCUT2D eigenvalue weighted by atomic mass is 35.5. The van der Waals surface area contributed by atoms with Crippen LogP contribution in [0.3, 0.4) is 0 Å². The zero-order valence-corrected chi connectivity index (χ0v) is 7.72. The Morgan fingerprint density at radius 1 is 1.43 bits per heavy atom. The SMILES string of the molecule is Oc1c(F)cc(Cl)cc1-c1cnc[nH]1. The molecule has 1 aromatic heterocycles. The van der Waals surface area contributed by atoms with Crippen LogP contribution in [-0.2, 0) is 0 Å². The van der Waals surface area contributed by atoms with Crippen molar-refractivity contribution in [2.45, 2.75) is 0 Å². The summed E-state index contributed by atoms with van der Waals surface area (Å²) in [6.45, 7) is 0. The van der Waals surface area contributed by atoms with E-state index >= 15 is 0 Å². The number of halogens is 2. The van der Waals surface area contributed by atoms with E-state index in [2.05, 4.69) is 9.97 Å². The number of aromatic amines is 1. The Morgan fingerprint density at radius 3 is 2.86 bits per heavy atom. The third kappa shape index (κ3) is 1.44. The van der Waals surface area contributed by atoms with E-state index in [1.54, 1.807) is 0 Å². The number of hydrogen-bond donors (Lipinski definition) is 2. The molecule has 5 heteroatoms. The summed E-state index contributed by atoms with van der Waals surface area (Å²) in [5, 5.41) is 9.64. The first kappa shape index (κ1) is 9.02. The number of imidazole rings is 1. The zero-order chi connectivity index (χ0) is 10.1. The van der Waals surface area contributed by atoms with Gasteiger partial charge in [-0.2, -0.15) is 0 Å². The van der Waals surface area contributed by atoms with Crippen molar-refractivity contribution in [3.05, 3.63) is 35.5 Å². The summed E-state index contributed by atoms with van der Waals surface area (Å²) < 4.78 is 13.1. The molecule has 72 valence electrons. The molecule has 1 aromatic carbocycles. The van der Waals surface area contributed by atoms with Gasteiger partial charge in [-0.1, -0.05) is 11.6 Å². The zero-order valence-electron chi connectivity index (χ0n) is 6.96. The Balaban J connectivity index is 2.64. The Hall–Kier alpha value is -1.55. The molecule has 0 bridgehead atoms. The molecular formula is C9H6ClFN2O. The maximum absolute atomic E-state index is 13.1. The molecule has 0 amide bonds. The summed E-state index contributed by atoms with van der Waals surface area (Å²) in [6, 6.07) is 2.52. The van der Waals surface area contributed by atoms with E-state index in [-0.39, 0.29) is 5.02 Å². The Labute approximate surface area is 84.2 Å². The maximum atomic E-state index is 13.1. The second-order valence-electron chi connectivity index (χ2n) is 2.75. The fraction of sp³-hybridized carbons (Fsp3) is 0. The first-order chi connectivity index (χ1) is 6.68. The summed E-state index contributed by atoms with van der Waals surface area (Å²) in [5.74, 6) is -1.18. The second kappa shape index (κ2) is 3.31. The molecule has 0 fully saturated rings. The van der Waals surface area contributed by atoms with Crippen LogP contribution in [0.25, 0.3) is 11.3 Å². The molecule has 0 aliphatic rings. The van der Waals surface area contributed by atoms with Crippen LogP contribution in [0.2, 0.25) is 5.02 Å². The Morgan fingerprint density at radius 2 is 2.21 bits per heavy atom. The molecule has 2 N–H and O–H groups in total. The Bertz CT molecular complexity index is 456. The van der Waals surface area contributed by atoms with Gasteiger partial charge in [0.05, 0.1) is 18.2 Å². The van der Waals surface area contributed by atoms with Crippen molar-refractivity contribution >= 4 is 11.6 Å². The van der Waals surface area contributed by atoms with Crippen LogP contribution in [0.15, 0.2) is 24.7 Å². The van der Waals surface area contributed by atoms with Crippen LogP contribution < -0.4 is 0 Å². The van der Waals surface area contributed by atoms with Gasteiger partial charge in [0, 0.05) is 10.6 Å². The van der Waals surface area contributed by atoms with Crippen LogP contribution in [-0.4, -0.2) is 15.1 Å². The molecule has 0 atom stereocenters. The largest absolute Gasteiger partial charge is 0.504 e. The fourth-order valence-corrected chi connectivity index (χ4v) is 1.38. The molecule has 0 aliphatic carbocycles. The molecule has 2 aromatic rings. The number of H-pyrrole nitrogens is 1. The molecule has 0 saturated carbocycles. The smallest absolute Gasteiger partial charge is 0.166 e. The lowest BCUT2D eigenvalue weighted by Gasteiger charge is -2.03. The van der Waals surface area contributed by atoms with Gasteiger partial charge in [-0.3, -0.25) is 0 Å². The van der Waals surface area contributed by atoms with Crippen molar-refractivity contribution < 1.29 is 9.50 Å². The Kier molecular flexibility index (Phi) is 2.13. The average Bonchev–Trinajstić information content (AvgIpc) is 2.63. The second-order valence-corrected chi connectivity index (χ2v) is 3.19. The van der Waals surface area contributed by atoms with Crippen molar-refractivity contribution in [1.29, 1.82) is 0 Å². The van der Waals surface area contributed by atoms with Gasteiger partial charge in [0.2, 0.25) is 0 Å². The lowest BCUT2D eigenvalue weighted by molar-refractivity contribution is 0.434. The molecule has 0 saturated heterocycles. The monoisotopic (exact) mass is 212 g/mol. The minimum absolute atomic E-state index is 0.227. The maximum Gasteiger partial charge on any atom is 0.166 e. The van der Waals surface area contributed by atoms with E-state index < -0.39 is 11.6 Å². The topological polar surface area (TPSA) is 48.9 Å². The van der Waals surface area contributed by atoms with E-state index in [4.69, 9.17) is 11.6 Å². The van der Waals surface area contributed by atoms with E-state index in [0.29, 0.717) is 11.3 Å². The minimum Gasteiger partial charge on any atom is -0.504 e. The number of benzene rings is 1. The van der Waals surface area contributed by atoms with Gasteiger partial charge < -0.3 is 10.1 Å². The van der Waals surface area contributed by atoms with Gasteiger partial charge in [0.15, 0.2) is 11.6 Å². The van der Waals surface area contributed by atoms with Crippen molar-refractivity contribution in [3.8, 4) is 17.0 Å².